The highest BCUT2D eigenvalue weighted by Gasteiger charge is 2.17. The van der Waals surface area contributed by atoms with Gasteiger partial charge >= 0.3 is 12.0 Å². The number of carbonyl (C=O) groups excluding carboxylic acids is 1. The van der Waals surface area contributed by atoms with E-state index in [2.05, 4.69) is 5.32 Å². The number of carbonyl (C=O) groups is 2. The van der Waals surface area contributed by atoms with E-state index in [0.29, 0.717) is 6.42 Å². The average Bonchev–Trinajstić information content (AvgIpc) is 2.42. The standard InChI is InChI=1S/C14H19FN2O3/c1-3-10(8-13(18)19)9-16-14(20)17(2)12-7-5-4-6-11(12)15/h4-7,10H,3,8-9H2,1-2H3,(H,16,20)(H,18,19). The third-order valence-corrected chi connectivity index (χ3v) is 3.10. The quantitative estimate of drug-likeness (QED) is 0.842. The van der Waals surface area contributed by atoms with Crippen LogP contribution in [0.25, 0.3) is 0 Å². The Morgan fingerprint density at radius 3 is 2.60 bits per heavy atom. The van der Waals surface area contributed by atoms with E-state index in [1.54, 1.807) is 12.1 Å². The summed E-state index contributed by atoms with van der Waals surface area (Å²) in [5, 5.41) is 11.4. The smallest absolute Gasteiger partial charge is 0.321 e. The maximum absolute atomic E-state index is 13.5. The van der Waals surface area contributed by atoms with Crippen molar-refractivity contribution in [3.05, 3.63) is 30.1 Å². The van der Waals surface area contributed by atoms with Gasteiger partial charge in [-0.25, -0.2) is 9.18 Å². The SMILES string of the molecule is CCC(CNC(=O)N(C)c1ccccc1F)CC(=O)O. The molecule has 1 unspecified atom stereocenters. The second-order valence-corrected chi connectivity index (χ2v) is 4.57. The van der Waals surface area contributed by atoms with E-state index in [0.717, 1.165) is 0 Å². The van der Waals surface area contributed by atoms with Crippen molar-refractivity contribution in [2.24, 2.45) is 5.92 Å². The lowest BCUT2D eigenvalue weighted by Crippen LogP contribution is -2.40. The molecule has 0 radical (unpaired) electrons. The van der Waals surface area contributed by atoms with E-state index in [1.807, 2.05) is 6.92 Å². The number of hydrogen-bond acceptors (Lipinski definition) is 2. The molecular weight excluding hydrogens is 263 g/mol. The molecule has 1 atom stereocenters. The lowest BCUT2D eigenvalue weighted by molar-refractivity contribution is -0.138. The Kier molecular flexibility index (Phi) is 5.96. The Morgan fingerprint density at radius 1 is 1.40 bits per heavy atom. The fraction of sp³-hybridized carbons (Fsp3) is 0.429. The van der Waals surface area contributed by atoms with Crippen molar-refractivity contribution >= 4 is 17.7 Å². The van der Waals surface area contributed by atoms with Crippen LogP contribution in [0.1, 0.15) is 19.8 Å². The lowest BCUT2D eigenvalue weighted by atomic mass is 10.0. The summed E-state index contributed by atoms with van der Waals surface area (Å²) in [7, 11) is 1.46. The zero-order chi connectivity index (χ0) is 15.1. The number of para-hydroxylation sites is 1. The normalized spacial score (nSPS) is 11.8. The van der Waals surface area contributed by atoms with Crippen molar-refractivity contribution in [3.63, 3.8) is 0 Å². The molecule has 0 bridgehead atoms. The van der Waals surface area contributed by atoms with Gasteiger partial charge in [0.1, 0.15) is 5.82 Å². The number of nitrogens with zero attached hydrogens (tertiary/aromatic N) is 1. The summed E-state index contributed by atoms with van der Waals surface area (Å²) in [5.41, 5.74) is 0.177. The predicted molar refractivity (Wildman–Crippen MR) is 74.2 cm³/mol. The average molecular weight is 282 g/mol. The molecule has 0 aliphatic carbocycles. The summed E-state index contributed by atoms with van der Waals surface area (Å²) >= 11 is 0. The Labute approximate surface area is 117 Å². The maximum Gasteiger partial charge on any atom is 0.321 e. The van der Waals surface area contributed by atoms with Crippen LogP contribution in [0.15, 0.2) is 24.3 Å². The van der Waals surface area contributed by atoms with Crippen molar-refractivity contribution in [3.8, 4) is 0 Å². The minimum Gasteiger partial charge on any atom is -0.481 e. The number of urea groups is 1. The molecule has 0 fully saturated rings. The minimum absolute atomic E-state index is 0.000191. The molecule has 1 aromatic carbocycles. The van der Waals surface area contributed by atoms with Gasteiger partial charge in [-0.3, -0.25) is 9.69 Å². The molecule has 0 heterocycles. The largest absolute Gasteiger partial charge is 0.481 e. The third-order valence-electron chi connectivity index (χ3n) is 3.10. The summed E-state index contributed by atoms with van der Waals surface area (Å²) in [5.74, 6) is -1.51. The highest BCUT2D eigenvalue weighted by molar-refractivity contribution is 5.91. The first-order valence-electron chi connectivity index (χ1n) is 6.43. The van der Waals surface area contributed by atoms with Crippen molar-refractivity contribution in [1.29, 1.82) is 0 Å². The highest BCUT2D eigenvalue weighted by Crippen LogP contribution is 2.17. The molecule has 6 heteroatoms. The molecular formula is C14H19FN2O3. The zero-order valence-electron chi connectivity index (χ0n) is 11.6. The molecule has 0 saturated carbocycles. The van der Waals surface area contributed by atoms with Crippen molar-refractivity contribution in [1.82, 2.24) is 5.32 Å². The molecule has 2 amide bonds. The number of aliphatic carboxylic acids is 1. The number of benzene rings is 1. The van der Waals surface area contributed by atoms with Gasteiger partial charge in [-0.2, -0.15) is 0 Å². The highest BCUT2D eigenvalue weighted by atomic mass is 19.1. The van der Waals surface area contributed by atoms with Crippen LogP contribution in [0.2, 0.25) is 0 Å². The Bertz CT molecular complexity index is 479. The van der Waals surface area contributed by atoms with E-state index in [9.17, 15) is 14.0 Å². The summed E-state index contributed by atoms with van der Waals surface area (Å²) in [6.45, 7) is 2.11. The van der Waals surface area contributed by atoms with E-state index >= 15 is 0 Å². The van der Waals surface area contributed by atoms with Crippen LogP contribution in [0, 0.1) is 11.7 Å². The number of nitrogens with one attached hydrogen (secondary N) is 1. The summed E-state index contributed by atoms with van der Waals surface area (Å²) in [4.78, 5) is 23.7. The van der Waals surface area contributed by atoms with Crippen LogP contribution in [-0.2, 0) is 4.79 Å². The van der Waals surface area contributed by atoms with E-state index in [4.69, 9.17) is 5.11 Å². The third kappa shape index (κ3) is 4.53. The van der Waals surface area contributed by atoms with Crippen LogP contribution in [-0.4, -0.2) is 30.7 Å². The zero-order valence-corrected chi connectivity index (χ0v) is 11.6. The Morgan fingerprint density at radius 2 is 2.05 bits per heavy atom. The molecule has 1 rings (SSSR count). The van der Waals surface area contributed by atoms with Gasteiger partial charge in [-0.1, -0.05) is 25.5 Å². The fourth-order valence-corrected chi connectivity index (χ4v) is 1.79. The Hall–Kier alpha value is -2.11. The fourth-order valence-electron chi connectivity index (χ4n) is 1.79. The van der Waals surface area contributed by atoms with Gasteiger partial charge in [0.25, 0.3) is 0 Å². The first kappa shape index (κ1) is 15.9. The van der Waals surface area contributed by atoms with E-state index in [1.165, 1.54) is 24.1 Å². The second kappa shape index (κ2) is 7.47. The molecule has 5 nitrogen and oxygen atoms in total. The van der Waals surface area contributed by atoms with Crippen molar-refractivity contribution in [2.75, 3.05) is 18.5 Å². The molecule has 20 heavy (non-hydrogen) atoms. The minimum atomic E-state index is -0.895. The molecule has 0 aliphatic heterocycles. The number of carboxylic acid groups (broad SMARTS) is 1. The van der Waals surface area contributed by atoms with Gasteiger partial charge in [0, 0.05) is 20.0 Å². The molecule has 0 aromatic heterocycles. The molecule has 0 saturated heterocycles. The number of anilines is 1. The number of rotatable bonds is 6. The van der Waals surface area contributed by atoms with Crippen molar-refractivity contribution in [2.45, 2.75) is 19.8 Å². The molecule has 2 N–H and O–H groups in total. The molecule has 110 valence electrons. The monoisotopic (exact) mass is 282 g/mol. The predicted octanol–water partition coefficient (Wildman–Crippen LogP) is 2.47. The summed E-state index contributed by atoms with van der Waals surface area (Å²) < 4.78 is 13.5. The summed E-state index contributed by atoms with van der Waals surface area (Å²) in [6.07, 6.45) is 0.649. The van der Waals surface area contributed by atoms with Gasteiger partial charge in [0.2, 0.25) is 0 Å². The first-order valence-corrected chi connectivity index (χ1v) is 6.43. The van der Waals surface area contributed by atoms with Crippen LogP contribution >= 0.6 is 0 Å². The van der Waals surface area contributed by atoms with Gasteiger partial charge < -0.3 is 10.4 Å². The summed E-state index contributed by atoms with van der Waals surface area (Å²) in [6, 6.07) is 5.51. The maximum atomic E-state index is 13.5. The van der Waals surface area contributed by atoms with Gasteiger partial charge in [-0.15, -0.1) is 0 Å². The lowest BCUT2D eigenvalue weighted by Gasteiger charge is -2.20. The van der Waals surface area contributed by atoms with E-state index in [-0.39, 0.29) is 24.6 Å². The van der Waals surface area contributed by atoms with Crippen molar-refractivity contribution < 1.29 is 19.1 Å². The second-order valence-electron chi connectivity index (χ2n) is 4.57. The van der Waals surface area contributed by atoms with Crippen LogP contribution < -0.4 is 10.2 Å². The first-order chi connectivity index (χ1) is 9.45. The van der Waals surface area contributed by atoms with Gasteiger partial charge in [0.05, 0.1) is 5.69 Å². The van der Waals surface area contributed by atoms with Crippen LogP contribution in [0.4, 0.5) is 14.9 Å². The number of halogens is 1. The van der Waals surface area contributed by atoms with Crippen LogP contribution in [0.3, 0.4) is 0 Å². The number of amides is 2. The topological polar surface area (TPSA) is 69.6 Å². The molecule has 1 aromatic rings. The Balaban J connectivity index is 2.58. The van der Waals surface area contributed by atoms with E-state index < -0.39 is 17.8 Å². The molecule has 0 spiro atoms. The van der Waals surface area contributed by atoms with Gasteiger partial charge in [0.15, 0.2) is 0 Å². The van der Waals surface area contributed by atoms with Gasteiger partial charge in [-0.05, 0) is 18.1 Å². The molecule has 0 aliphatic rings. The number of carboxylic acids is 1. The van der Waals surface area contributed by atoms with Crippen LogP contribution in [0.5, 0.6) is 0 Å². The number of hydrogen-bond donors (Lipinski definition) is 2.